The molecule has 18 heteroatoms. The van der Waals surface area contributed by atoms with Gasteiger partial charge in [-0.1, -0.05) is 57.2 Å². The number of nitriles is 1. The van der Waals surface area contributed by atoms with Gasteiger partial charge in [-0.15, -0.1) is 0 Å². The van der Waals surface area contributed by atoms with E-state index in [1.54, 1.807) is 51.1 Å². The number of amides is 5. The second kappa shape index (κ2) is 21.5. The number of aryl methyl sites for hydroxylation is 2. The van der Waals surface area contributed by atoms with Crippen molar-refractivity contribution in [2.45, 2.75) is 90.9 Å². The lowest BCUT2D eigenvalue weighted by Crippen LogP contribution is -2.56. The lowest BCUT2D eigenvalue weighted by molar-refractivity contribution is -0.141. The van der Waals surface area contributed by atoms with Crippen LogP contribution < -0.4 is 37.1 Å². The van der Waals surface area contributed by atoms with Crippen LogP contribution in [-0.2, 0) is 31.0 Å². The zero-order chi connectivity index (χ0) is 48.5. The van der Waals surface area contributed by atoms with E-state index < -0.39 is 53.7 Å². The van der Waals surface area contributed by atoms with Crippen molar-refractivity contribution in [3.05, 3.63) is 94.3 Å². The first kappa shape index (κ1) is 49.6. The van der Waals surface area contributed by atoms with Gasteiger partial charge in [0.2, 0.25) is 23.6 Å². The van der Waals surface area contributed by atoms with Crippen LogP contribution in [0.2, 0.25) is 0 Å². The number of phenolic OH excluding ortho intramolecular Hbond substituents is 1. The Hall–Kier alpha value is -7.39. The Morgan fingerprint density at radius 3 is 2.30 bits per heavy atom. The summed E-state index contributed by atoms with van der Waals surface area (Å²) in [5, 5.41) is 41.7. The van der Waals surface area contributed by atoms with E-state index in [9.17, 15) is 29.1 Å². The highest BCUT2D eigenvalue weighted by Gasteiger charge is 2.36. The number of fused-ring (bicyclic) bond motifs is 5. The van der Waals surface area contributed by atoms with Crippen molar-refractivity contribution in [2.24, 2.45) is 5.73 Å². The number of rotatable bonds is 13. The van der Waals surface area contributed by atoms with Crippen molar-refractivity contribution in [1.29, 1.82) is 10.7 Å². The monoisotopic (exact) mass is 901 g/mol. The minimum Gasteiger partial charge on any atom is -0.507 e. The van der Waals surface area contributed by atoms with Crippen molar-refractivity contribution in [2.75, 3.05) is 33.3 Å². The Morgan fingerprint density at radius 1 is 1.00 bits per heavy atom. The zero-order valence-corrected chi connectivity index (χ0v) is 38.6. The fourth-order valence-corrected chi connectivity index (χ4v) is 7.60. The van der Waals surface area contributed by atoms with Gasteiger partial charge in [0.15, 0.2) is 5.82 Å². The molecule has 4 bridgehead atoms. The van der Waals surface area contributed by atoms with Gasteiger partial charge in [-0.2, -0.15) is 5.26 Å². The molecule has 1 aliphatic heterocycles. The summed E-state index contributed by atoms with van der Waals surface area (Å²) < 4.78 is 6.14. The van der Waals surface area contributed by atoms with Crippen molar-refractivity contribution in [1.82, 2.24) is 41.5 Å². The Labute approximate surface area is 384 Å². The molecule has 2 heterocycles. The van der Waals surface area contributed by atoms with E-state index in [4.69, 9.17) is 21.1 Å². The molecule has 0 aliphatic carbocycles. The first-order chi connectivity index (χ1) is 31.2. The average molecular weight is 902 g/mol. The number of carbonyl (C=O) groups is 5. The van der Waals surface area contributed by atoms with Crippen molar-refractivity contribution < 1.29 is 33.8 Å². The summed E-state index contributed by atoms with van der Waals surface area (Å²) in [6, 6.07) is 14.0. The van der Waals surface area contributed by atoms with Crippen LogP contribution in [0.5, 0.6) is 11.5 Å². The third-order valence-electron chi connectivity index (χ3n) is 11.1. The smallest absolute Gasteiger partial charge is 0.255 e. The minimum atomic E-state index is -1.45. The maximum atomic E-state index is 14.7. The van der Waals surface area contributed by atoms with E-state index in [0.717, 1.165) is 16.0 Å². The molecular weight excluding hydrogens is 843 g/mol. The summed E-state index contributed by atoms with van der Waals surface area (Å²) in [4.78, 5) is 80.7. The lowest BCUT2D eigenvalue weighted by atomic mass is 9.86. The maximum Gasteiger partial charge on any atom is 0.255 e. The highest BCUT2D eigenvalue weighted by atomic mass is 16.5. The Kier molecular flexibility index (Phi) is 16.2. The molecule has 0 saturated carbocycles. The van der Waals surface area contributed by atoms with Crippen LogP contribution >= 0.6 is 0 Å². The van der Waals surface area contributed by atoms with Crippen LogP contribution in [0.25, 0.3) is 22.5 Å². The van der Waals surface area contributed by atoms with E-state index in [2.05, 4.69) is 57.3 Å². The number of likely N-dealkylation sites (N-methyl/N-ethyl adjacent to an activating group) is 1. The van der Waals surface area contributed by atoms with E-state index in [0.29, 0.717) is 28.3 Å². The SMILES string of the molecule is CC(=N)NCCOc1ccc2cc1-c1cc(ccc1O)C[C@@H](C(=O)NCC#N)NC(=O)[C@H](C)NC(=O)[C@H]2N(C)C(=O)[C@H](CCN)NC(=O)c1c(C)nc(-c2ccc(C(C)(C)C)cc2)nc1C. The van der Waals surface area contributed by atoms with Gasteiger partial charge in [0.05, 0.1) is 35.4 Å². The number of phenols is 1. The molecule has 1 aromatic heterocycles. The van der Waals surface area contributed by atoms with Gasteiger partial charge in [0, 0.05) is 30.2 Å². The maximum absolute atomic E-state index is 14.7. The largest absolute Gasteiger partial charge is 0.507 e. The molecule has 3 aromatic carbocycles. The van der Waals surface area contributed by atoms with Crippen LogP contribution in [0.4, 0.5) is 0 Å². The quantitative estimate of drug-likeness (QED) is 0.0416. The fraction of sp³-hybridized carbons (Fsp3) is 0.396. The molecule has 4 aromatic rings. The van der Waals surface area contributed by atoms with Gasteiger partial charge < -0.3 is 47.1 Å². The van der Waals surface area contributed by atoms with Crippen molar-refractivity contribution in [3.63, 3.8) is 0 Å². The van der Waals surface area contributed by atoms with Crippen LogP contribution in [0, 0.1) is 30.6 Å². The van der Waals surface area contributed by atoms with E-state index in [1.165, 1.54) is 20.0 Å². The lowest BCUT2D eigenvalue weighted by Gasteiger charge is -2.32. The molecular formula is C48H59N11O7. The number of benzene rings is 3. The summed E-state index contributed by atoms with van der Waals surface area (Å²) >= 11 is 0. The van der Waals surface area contributed by atoms with E-state index in [-0.39, 0.29) is 78.5 Å². The molecule has 18 nitrogen and oxygen atoms in total. The molecule has 5 amide bonds. The van der Waals surface area contributed by atoms with E-state index in [1.807, 2.05) is 30.3 Å². The second-order valence-electron chi connectivity index (χ2n) is 17.3. The number of aromatic hydroxyl groups is 1. The predicted molar refractivity (Wildman–Crippen MR) is 248 cm³/mol. The van der Waals surface area contributed by atoms with Gasteiger partial charge in [0.25, 0.3) is 5.91 Å². The number of nitrogens with two attached hydrogens (primary N) is 1. The standard InChI is InChI=1S/C48H59N11O7/c1-26-40(27(2)55-42(54-26)31-10-13-33(14-11-31)48(5,6)7)45(63)57-36(17-18-49)47(65)59(8)41-32-12-16-39(66-22-21-52-29(4)51)35(25-32)34-23-30(9-15-38(34)60)24-37(44(62)53-20-19-50)58-43(61)28(3)56-46(41)64/h9-16,23,25,28,36-37,41,60H,17-18,20-22,24,49H2,1-8H3,(H2,51,52)(H,53,62)(H,56,64)(H,57,63)(H,58,61)/t28-,36-,37-,41-/m0/s1. The number of amidine groups is 1. The van der Waals surface area contributed by atoms with E-state index >= 15 is 0 Å². The Morgan fingerprint density at radius 2 is 1.68 bits per heavy atom. The van der Waals surface area contributed by atoms with Gasteiger partial charge in [-0.05, 0) is 87.0 Å². The van der Waals surface area contributed by atoms with Gasteiger partial charge >= 0.3 is 0 Å². The third-order valence-corrected chi connectivity index (χ3v) is 11.1. The molecule has 4 atom stereocenters. The average Bonchev–Trinajstić information content (AvgIpc) is 3.26. The number of hydrogen-bond acceptors (Lipinski definition) is 12. The normalized spacial score (nSPS) is 16.6. The van der Waals surface area contributed by atoms with Crippen molar-refractivity contribution >= 4 is 35.4 Å². The van der Waals surface area contributed by atoms with Crippen LogP contribution in [0.3, 0.4) is 0 Å². The highest BCUT2D eigenvalue weighted by Crippen LogP contribution is 2.39. The van der Waals surface area contributed by atoms with Gasteiger partial charge in [0.1, 0.15) is 48.8 Å². The molecule has 0 radical (unpaired) electrons. The molecule has 9 N–H and O–H groups in total. The Balaban J connectivity index is 1.55. The molecule has 0 unspecified atom stereocenters. The number of nitrogens with zero attached hydrogens (tertiary/aromatic N) is 4. The molecule has 66 heavy (non-hydrogen) atoms. The molecule has 5 rings (SSSR count). The number of hydrogen-bond donors (Lipinski definition) is 8. The highest BCUT2D eigenvalue weighted by molar-refractivity contribution is 6.00. The number of carbonyl (C=O) groups excluding carboxylic acids is 5. The second-order valence-corrected chi connectivity index (χ2v) is 17.3. The van der Waals surface area contributed by atoms with Gasteiger partial charge in [-0.3, -0.25) is 29.4 Å². The molecule has 0 spiro atoms. The molecule has 1 aliphatic rings. The van der Waals surface area contributed by atoms with Crippen molar-refractivity contribution in [3.8, 4) is 40.1 Å². The molecule has 0 fully saturated rings. The topological polar surface area (TPSA) is 278 Å². The van der Waals surface area contributed by atoms with Crippen LogP contribution in [0.15, 0.2) is 60.7 Å². The van der Waals surface area contributed by atoms with Crippen LogP contribution in [0.1, 0.15) is 85.5 Å². The Bertz CT molecular complexity index is 2510. The third kappa shape index (κ3) is 12.0. The molecule has 0 saturated heterocycles. The summed E-state index contributed by atoms with van der Waals surface area (Å²) in [6.07, 6.45) is -0.0688. The first-order valence-corrected chi connectivity index (χ1v) is 21.6. The number of aromatic nitrogens is 2. The number of ether oxygens (including phenoxy) is 1. The summed E-state index contributed by atoms with van der Waals surface area (Å²) in [7, 11) is 1.39. The fourth-order valence-electron chi connectivity index (χ4n) is 7.60. The van der Waals surface area contributed by atoms with Crippen LogP contribution in [-0.4, -0.2) is 107 Å². The summed E-state index contributed by atoms with van der Waals surface area (Å²) in [5.41, 5.74) is 10.2. The number of nitrogens with one attached hydrogen (secondary N) is 6. The summed E-state index contributed by atoms with van der Waals surface area (Å²) in [6.45, 7) is 12.8. The predicted octanol–water partition coefficient (Wildman–Crippen LogP) is 3.23. The first-order valence-electron chi connectivity index (χ1n) is 21.6. The minimum absolute atomic E-state index is 0.0160. The zero-order valence-electron chi connectivity index (χ0n) is 38.6. The summed E-state index contributed by atoms with van der Waals surface area (Å²) in [5.74, 6) is -2.70. The molecule has 348 valence electrons. The van der Waals surface area contributed by atoms with Gasteiger partial charge in [-0.25, -0.2) is 9.97 Å².